The van der Waals surface area contributed by atoms with E-state index in [2.05, 4.69) is 53.8 Å². The summed E-state index contributed by atoms with van der Waals surface area (Å²) in [7, 11) is -0.859. The SMILES string of the molecule is CCCCCCCC1CC[Si]2(CC1)CCC(c1ccc(I)cc1)CC2. The second kappa shape index (κ2) is 9.92. The van der Waals surface area contributed by atoms with Crippen LogP contribution >= 0.6 is 22.6 Å². The van der Waals surface area contributed by atoms with E-state index in [0.29, 0.717) is 0 Å². The highest BCUT2D eigenvalue weighted by Crippen LogP contribution is 2.47. The Morgan fingerprint density at radius 1 is 0.840 bits per heavy atom. The predicted octanol–water partition coefficient (Wildman–Crippen LogP) is 8.39. The van der Waals surface area contributed by atoms with E-state index in [1.807, 2.05) is 0 Å². The van der Waals surface area contributed by atoms with Crippen molar-refractivity contribution in [2.75, 3.05) is 0 Å². The van der Waals surface area contributed by atoms with Gasteiger partial charge in [-0.05, 0) is 65.0 Å². The summed E-state index contributed by atoms with van der Waals surface area (Å²) in [5.41, 5.74) is 1.62. The molecule has 0 N–H and O–H groups in total. The molecule has 0 unspecified atom stereocenters. The average Bonchev–Trinajstić information content (AvgIpc) is 2.65. The Bertz CT molecular complexity index is 491. The van der Waals surface area contributed by atoms with E-state index < -0.39 is 8.07 Å². The van der Waals surface area contributed by atoms with Gasteiger partial charge in [-0.1, -0.05) is 94.6 Å². The fourth-order valence-corrected chi connectivity index (χ4v) is 11.2. The summed E-state index contributed by atoms with van der Waals surface area (Å²) in [6.45, 7) is 2.32. The van der Waals surface area contributed by atoms with Crippen molar-refractivity contribution in [3.05, 3.63) is 33.4 Å². The maximum absolute atomic E-state index is 2.42. The van der Waals surface area contributed by atoms with Crippen LogP contribution in [0.25, 0.3) is 0 Å². The summed E-state index contributed by atoms with van der Waals surface area (Å²) in [5.74, 6) is 1.96. The maximum atomic E-state index is 2.42. The van der Waals surface area contributed by atoms with Gasteiger partial charge in [-0.25, -0.2) is 0 Å². The molecule has 0 bridgehead atoms. The lowest BCUT2D eigenvalue weighted by Gasteiger charge is -2.43. The lowest BCUT2D eigenvalue weighted by atomic mass is 9.93. The standard InChI is InChI=1S/C23H37ISi/c1-2-3-4-5-6-7-20-12-16-25(17-13-20)18-14-22(15-19-25)21-8-10-23(24)11-9-21/h8-11,20,22H,2-7,12-19H2,1H3. The Balaban J connectivity index is 1.39. The summed E-state index contributed by atoms with van der Waals surface area (Å²) < 4.78 is 1.37. The smallest absolute Gasteiger partial charge is 0.0536 e. The molecule has 0 amide bonds. The van der Waals surface area contributed by atoms with Crippen LogP contribution in [0.5, 0.6) is 0 Å². The molecule has 0 aliphatic carbocycles. The van der Waals surface area contributed by atoms with Gasteiger partial charge in [-0.15, -0.1) is 0 Å². The molecule has 2 aliphatic rings. The molecule has 1 spiro atoms. The number of benzene rings is 1. The predicted molar refractivity (Wildman–Crippen MR) is 122 cm³/mol. The number of hydrogen-bond acceptors (Lipinski definition) is 0. The second-order valence-electron chi connectivity index (χ2n) is 8.97. The van der Waals surface area contributed by atoms with Crippen molar-refractivity contribution < 1.29 is 0 Å². The Morgan fingerprint density at radius 2 is 1.44 bits per heavy atom. The van der Waals surface area contributed by atoms with E-state index in [4.69, 9.17) is 0 Å². The number of unbranched alkanes of at least 4 members (excludes halogenated alkanes) is 4. The van der Waals surface area contributed by atoms with Crippen molar-refractivity contribution in [2.45, 2.75) is 101 Å². The van der Waals surface area contributed by atoms with Crippen LogP contribution in [0.1, 0.15) is 82.6 Å². The highest BCUT2D eigenvalue weighted by Gasteiger charge is 2.40. The highest BCUT2D eigenvalue weighted by molar-refractivity contribution is 14.1. The Labute approximate surface area is 170 Å². The van der Waals surface area contributed by atoms with Gasteiger partial charge >= 0.3 is 0 Å². The topological polar surface area (TPSA) is 0 Å². The third-order valence-electron chi connectivity index (χ3n) is 7.27. The van der Waals surface area contributed by atoms with Gasteiger partial charge in [-0.3, -0.25) is 0 Å². The van der Waals surface area contributed by atoms with Crippen molar-refractivity contribution in [3.8, 4) is 0 Å². The minimum absolute atomic E-state index is 0.859. The summed E-state index contributed by atoms with van der Waals surface area (Å²) in [4.78, 5) is 0. The molecule has 2 fully saturated rings. The summed E-state index contributed by atoms with van der Waals surface area (Å²) in [5, 5.41) is 0. The lowest BCUT2D eigenvalue weighted by Crippen LogP contribution is -2.41. The minimum Gasteiger partial charge on any atom is -0.0654 e. The van der Waals surface area contributed by atoms with Crippen molar-refractivity contribution in [3.63, 3.8) is 0 Å². The van der Waals surface area contributed by atoms with E-state index in [1.165, 1.54) is 48.5 Å². The van der Waals surface area contributed by atoms with E-state index in [-0.39, 0.29) is 0 Å². The van der Waals surface area contributed by atoms with Crippen LogP contribution in [0.3, 0.4) is 0 Å². The molecule has 1 aromatic rings. The summed E-state index contributed by atoms with van der Waals surface area (Å²) in [6.07, 6.45) is 15.0. The Hall–Kier alpha value is 0.167. The van der Waals surface area contributed by atoms with Gasteiger partial charge in [0, 0.05) is 3.57 Å². The molecular weight excluding hydrogens is 431 g/mol. The van der Waals surface area contributed by atoms with Crippen LogP contribution in [0.15, 0.2) is 24.3 Å². The molecule has 1 aromatic carbocycles. The number of hydrogen-bond donors (Lipinski definition) is 0. The molecule has 3 rings (SSSR count). The van der Waals surface area contributed by atoms with Gasteiger partial charge in [-0.2, -0.15) is 0 Å². The van der Waals surface area contributed by atoms with E-state index in [0.717, 1.165) is 11.8 Å². The monoisotopic (exact) mass is 468 g/mol. The molecule has 2 saturated heterocycles. The normalized spacial score (nSPS) is 29.8. The first-order chi connectivity index (χ1) is 12.2. The van der Waals surface area contributed by atoms with Gasteiger partial charge in [0.2, 0.25) is 0 Å². The number of rotatable bonds is 7. The van der Waals surface area contributed by atoms with Crippen LogP contribution in [0.2, 0.25) is 24.2 Å². The minimum atomic E-state index is -0.859. The maximum Gasteiger partial charge on any atom is 0.0536 e. The average molecular weight is 469 g/mol. The van der Waals surface area contributed by atoms with Crippen molar-refractivity contribution in [1.29, 1.82) is 0 Å². The fraction of sp³-hybridized carbons (Fsp3) is 0.739. The number of halogens is 1. The largest absolute Gasteiger partial charge is 0.0654 e. The molecule has 0 radical (unpaired) electrons. The molecule has 2 heteroatoms. The zero-order valence-electron chi connectivity index (χ0n) is 16.2. The van der Waals surface area contributed by atoms with Crippen LogP contribution in [0.4, 0.5) is 0 Å². The third-order valence-corrected chi connectivity index (χ3v) is 13.4. The molecule has 0 atom stereocenters. The van der Waals surface area contributed by atoms with Gasteiger partial charge in [0.25, 0.3) is 0 Å². The van der Waals surface area contributed by atoms with E-state index >= 15 is 0 Å². The highest BCUT2D eigenvalue weighted by atomic mass is 127. The van der Waals surface area contributed by atoms with Gasteiger partial charge in [0.1, 0.15) is 0 Å². The molecule has 0 aromatic heterocycles. The second-order valence-corrected chi connectivity index (χ2v) is 15.2. The molecular formula is C23H37ISi. The van der Waals surface area contributed by atoms with Crippen molar-refractivity contribution >= 4 is 30.7 Å². The molecule has 0 saturated carbocycles. The quantitative estimate of drug-likeness (QED) is 0.214. The van der Waals surface area contributed by atoms with Gasteiger partial charge in [0.15, 0.2) is 0 Å². The first-order valence-corrected chi connectivity index (χ1v) is 14.9. The fourth-order valence-electron chi connectivity index (χ4n) is 5.41. The molecule has 25 heavy (non-hydrogen) atoms. The van der Waals surface area contributed by atoms with Crippen LogP contribution in [0, 0.1) is 9.49 Å². The molecule has 2 heterocycles. The molecule has 2 aliphatic heterocycles. The first kappa shape index (κ1) is 19.9. The zero-order valence-corrected chi connectivity index (χ0v) is 19.4. The van der Waals surface area contributed by atoms with E-state index in [9.17, 15) is 0 Å². The van der Waals surface area contributed by atoms with Crippen LogP contribution in [-0.4, -0.2) is 8.07 Å². The van der Waals surface area contributed by atoms with Crippen LogP contribution < -0.4 is 0 Å². The lowest BCUT2D eigenvalue weighted by molar-refractivity contribution is 0.404. The summed E-state index contributed by atoms with van der Waals surface area (Å²) >= 11 is 2.42. The van der Waals surface area contributed by atoms with E-state index in [1.54, 1.807) is 49.0 Å². The third kappa shape index (κ3) is 5.82. The van der Waals surface area contributed by atoms with Crippen molar-refractivity contribution in [2.24, 2.45) is 5.92 Å². The summed E-state index contributed by atoms with van der Waals surface area (Å²) in [6, 6.07) is 16.0. The molecule has 140 valence electrons. The first-order valence-electron chi connectivity index (χ1n) is 11.0. The van der Waals surface area contributed by atoms with Crippen molar-refractivity contribution in [1.82, 2.24) is 0 Å². The Kier molecular flexibility index (Phi) is 7.90. The van der Waals surface area contributed by atoms with Gasteiger partial charge < -0.3 is 0 Å². The Morgan fingerprint density at radius 3 is 2.08 bits per heavy atom. The van der Waals surface area contributed by atoms with Crippen LogP contribution in [-0.2, 0) is 0 Å². The van der Waals surface area contributed by atoms with Gasteiger partial charge in [0.05, 0.1) is 8.07 Å². The zero-order chi connectivity index (χ0) is 17.5. The molecule has 0 nitrogen and oxygen atoms in total.